The van der Waals surface area contributed by atoms with Crippen molar-refractivity contribution in [1.82, 2.24) is 15.0 Å². The summed E-state index contributed by atoms with van der Waals surface area (Å²) in [5, 5.41) is 3.05. The first kappa shape index (κ1) is 15.3. The smallest absolute Gasteiger partial charge is 0.323 e. The van der Waals surface area contributed by atoms with Crippen LogP contribution in [0, 0.1) is 0 Å². The van der Waals surface area contributed by atoms with Gasteiger partial charge >= 0.3 is 6.01 Å². The minimum atomic E-state index is -0.0526. The number of hydrogen-bond donors (Lipinski definition) is 2. The zero-order valence-corrected chi connectivity index (χ0v) is 13.5. The highest BCUT2D eigenvalue weighted by atomic mass is 79.9. The molecule has 1 aromatic heterocycles. The molecule has 7 nitrogen and oxygen atoms in total. The fourth-order valence-corrected chi connectivity index (χ4v) is 1.88. The molecule has 0 amide bonds. The molecular formula is C13H16BrN5O2. The summed E-state index contributed by atoms with van der Waals surface area (Å²) in [6, 6.07) is 5.69. The van der Waals surface area contributed by atoms with Crippen LogP contribution in [0.1, 0.15) is 13.8 Å². The van der Waals surface area contributed by atoms with Crippen LogP contribution in [0.25, 0.3) is 0 Å². The van der Waals surface area contributed by atoms with Crippen molar-refractivity contribution in [3.05, 3.63) is 22.7 Å². The average Bonchev–Trinajstić information content (AvgIpc) is 2.39. The van der Waals surface area contributed by atoms with E-state index in [2.05, 4.69) is 36.2 Å². The Morgan fingerprint density at radius 2 is 2.00 bits per heavy atom. The molecular weight excluding hydrogens is 338 g/mol. The van der Waals surface area contributed by atoms with E-state index in [1.165, 1.54) is 0 Å². The van der Waals surface area contributed by atoms with Gasteiger partial charge in [0, 0.05) is 10.5 Å². The number of nitrogens with one attached hydrogen (secondary N) is 1. The molecule has 0 aliphatic heterocycles. The lowest BCUT2D eigenvalue weighted by Crippen LogP contribution is -2.11. The van der Waals surface area contributed by atoms with Crippen LogP contribution >= 0.6 is 15.9 Å². The summed E-state index contributed by atoms with van der Waals surface area (Å²) in [4.78, 5) is 12.1. The third-order valence-corrected chi connectivity index (χ3v) is 3.08. The normalized spacial score (nSPS) is 10.5. The van der Waals surface area contributed by atoms with Gasteiger partial charge in [-0.3, -0.25) is 0 Å². The van der Waals surface area contributed by atoms with E-state index in [9.17, 15) is 0 Å². The number of nitrogens with zero attached hydrogens (tertiary/aromatic N) is 3. The Morgan fingerprint density at radius 3 is 2.67 bits per heavy atom. The third-order valence-electron chi connectivity index (χ3n) is 2.39. The predicted molar refractivity (Wildman–Crippen MR) is 84.0 cm³/mol. The van der Waals surface area contributed by atoms with Gasteiger partial charge in [0.15, 0.2) is 0 Å². The molecule has 1 aromatic carbocycles. The van der Waals surface area contributed by atoms with Gasteiger partial charge in [-0.2, -0.15) is 15.0 Å². The lowest BCUT2D eigenvalue weighted by molar-refractivity contribution is 0.222. The van der Waals surface area contributed by atoms with E-state index >= 15 is 0 Å². The molecule has 112 valence electrons. The van der Waals surface area contributed by atoms with Gasteiger partial charge in [0.05, 0.1) is 18.9 Å². The molecule has 0 aliphatic rings. The molecule has 0 unspecified atom stereocenters. The molecule has 3 N–H and O–H groups in total. The molecule has 0 radical (unpaired) electrons. The Labute approximate surface area is 131 Å². The molecule has 8 heteroatoms. The van der Waals surface area contributed by atoms with Crippen LogP contribution in [0.2, 0.25) is 0 Å². The Morgan fingerprint density at radius 1 is 1.24 bits per heavy atom. The van der Waals surface area contributed by atoms with E-state index in [-0.39, 0.29) is 18.1 Å². The van der Waals surface area contributed by atoms with Gasteiger partial charge in [0.1, 0.15) is 5.75 Å². The number of anilines is 3. The lowest BCUT2D eigenvalue weighted by atomic mass is 10.3. The van der Waals surface area contributed by atoms with Crippen molar-refractivity contribution in [3.63, 3.8) is 0 Å². The molecule has 0 saturated carbocycles. The Hall–Kier alpha value is -2.09. The van der Waals surface area contributed by atoms with E-state index < -0.39 is 0 Å². The fourth-order valence-electron chi connectivity index (χ4n) is 1.54. The maximum atomic E-state index is 5.66. The highest BCUT2D eigenvalue weighted by Gasteiger charge is 2.09. The number of ether oxygens (including phenoxy) is 2. The van der Waals surface area contributed by atoms with Gasteiger partial charge in [0.2, 0.25) is 11.9 Å². The maximum Gasteiger partial charge on any atom is 0.323 e. The van der Waals surface area contributed by atoms with Crippen LogP contribution in [0.4, 0.5) is 17.6 Å². The summed E-state index contributed by atoms with van der Waals surface area (Å²) in [7, 11) is 1.60. The minimum Gasteiger partial charge on any atom is -0.497 e. The summed E-state index contributed by atoms with van der Waals surface area (Å²) in [5.74, 6) is 1.09. The quantitative estimate of drug-likeness (QED) is 0.852. The van der Waals surface area contributed by atoms with Crippen LogP contribution < -0.4 is 20.5 Å². The summed E-state index contributed by atoms with van der Waals surface area (Å²) in [5.41, 5.74) is 6.41. The molecule has 0 spiro atoms. The predicted octanol–water partition coefficient (Wildman–Crippen LogP) is 2.76. The van der Waals surface area contributed by atoms with Crippen molar-refractivity contribution in [2.45, 2.75) is 20.0 Å². The first-order valence-electron chi connectivity index (χ1n) is 6.26. The van der Waals surface area contributed by atoms with Crippen LogP contribution in [-0.2, 0) is 0 Å². The maximum absolute atomic E-state index is 5.66. The topological polar surface area (TPSA) is 95.2 Å². The average molecular weight is 354 g/mol. The summed E-state index contributed by atoms with van der Waals surface area (Å²) < 4.78 is 11.5. The Balaban J connectivity index is 2.28. The molecule has 2 rings (SSSR count). The SMILES string of the molecule is COc1ccc(Br)c(Nc2nc(N)nc(OC(C)C)n2)c1. The van der Waals surface area contributed by atoms with E-state index in [1.807, 2.05) is 32.0 Å². The fraction of sp³-hybridized carbons (Fsp3) is 0.308. The highest BCUT2D eigenvalue weighted by molar-refractivity contribution is 9.10. The van der Waals surface area contributed by atoms with Gasteiger partial charge in [-0.25, -0.2) is 0 Å². The molecule has 0 saturated heterocycles. The van der Waals surface area contributed by atoms with E-state index in [0.29, 0.717) is 11.7 Å². The molecule has 2 aromatic rings. The van der Waals surface area contributed by atoms with Crippen LogP contribution in [0.5, 0.6) is 11.8 Å². The van der Waals surface area contributed by atoms with Crippen LogP contribution in [0.3, 0.4) is 0 Å². The summed E-state index contributed by atoms with van der Waals surface area (Å²) in [6.07, 6.45) is -0.0526. The number of benzene rings is 1. The van der Waals surface area contributed by atoms with Crippen molar-refractivity contribution in [3.8, 4) is 11.8 Å². The van der Waals surface area contributed by atoms with Crippen LogP contribution in [0.15, 0.2) is 22.7 Å². The summed E-state index contributed by atoms with van der Waals surface area (Å²) in [6.45, 7) is 3.76. The van der Waals surface area contributed by atoms with Gasteiger partial charge in [-0.1, -0.05) is 0 Å². The number of halogens is 1. The second kappa shape index (κ2) is 6.57. The molecule has 21 heavy (non-hydrogen) atoms. The number of hydrogen-bond acceptors (Lipinski definition) is 7. The largest absolute Gasteiger partial charge is 0.497 e. The second-order valence-electron chi connectivity index (χ2n) is 4.44. The van der Waals surface area contributed by atoms with Gasteiger partial charge < -0.3 is 20.5 Å². The molecule has 0 bridgehead atoms. The number of nitrogen functional groups attached to an aromatic ring is 1. The standard InChI is InChI=1S/C13H16BrN5O2/c1-7(2)21-13-18-11(15)17-12(19-13)16-10-6-8(20-3)4-5-9(10)14/h4-7H,1-3H3,(H3,15,16,17,18,19). The highest BCUT2D eigenvalue weighted by Crippen LogP contribution is 2.29. The number of nitrogens with two attached hydrogens (primary N) is 1. The van der Waals surface area contributed by atoms with Crippen molar-refractivity contribution in [1.29, 1.82) is 0 Å². The molecule has 0 aliphatic carbocycles. The number of aromatic nitrogens is 3. The van der Waals surface area contributed by atoms with E-state index in [1.54, 1.807) is 7.11 Å². The Kier molecular flexibility index (Phi) is 4.79. The van der Waals surface area contributed by atoms with Crippen molar-refractivity contribution >= 4 is 33.5 Å². The molecule has 0 fully saturated rings. The number of rotatable bonds is 5. The third kappa shape index (κ3) is 4.19. The van der Waals surface area contributed by atoms with Gasteiger partial charge in [-0.15, -0.1) is 0 Å². The summed E-state index contributed by atoms with van der Waals surface area (Å²) >= 11 is 3.44. The van der Waals surface area contributed by atoms with E-state index in [0.717, 1.165) is 10.2 Å². The molecule has 1 heterocycles. The zero-order valence-electron chi connectivity index (χ0n) is 11.9. The van der Waals surface area contributed by atoms with Gasteiger partial charge in [0.25, 0.3) is 0 Å². The van der Waals surface area contributed by atoms with Crippen molar-refractivity contribution in [2.24, 2.45) is 0 Å². The minimum absolute atomic E-state index is 0.0526. The number of methoxy groups -OCH3 is 1. The van der Waals surface area contributed by atoms with Crippen molar-refractivity contribution < 1.29 is 9.47 Å². The first-order valence-corrected chi connectivity index (χ1v) is 7.06. The Bertz CT molecular complexity index is 636. The second-order valence-corrected chi connectivity index (χ2v) is 5.29. The van der Waals surface area contributed by atoms with E-state index in [4.69, 9.17) is 15.2 Å². The van der Waals surface area contributed by atoms with Gasteiger partial charge in [-0.05, 0) is 41.9 Å². The van der Waals surface area contributed by atoms with Crippen LogP contribution in [-0.4, -0.2) is 28.2 Å². The lowest BCUT2D eigenvalue weighted by Gasteiger charge is -2.11. The first-order chi connectivity index (χ1) is 9.97. The molecule has 0 atom stereocenters. The monoisotopic (exact) mass is 353 g/mol. The van der Waals surface area contributed by atoms with Crippen molar-refractivity contribution in [2.75, 3.05) is 18.2 Å². The zero-order chi connectivity index (χ0) is 15.4.